The minimum absolute atomic E-state index is 0.468. The van der Waals surface area contributed by atoms with Crippen molar-refractivity contribution in [1.82, 2.24) is 0 Å². The highest BCUT2D eigenvalue weighted by atomic mass is 16.5. The monoisotopic (exact) mass is 122 g/mol. The normalized spacial score (nSPS) is 38.2. The lowest BCUT2D eigenvalue weighted by atomic mass is 9.94. The van der Waals surface area contributed by atoms with Gasteiger partial charge in [-0.05, 0) is 18.9 Å². The van der Waals surface area contributed by atoms with Crippen molar-refractivity contribution >= 4 is 0 Å². The predicted octanol–water partition coefficient (Wildman–Crippen LogP) is 1.87. The Bertz CT molecular complexity index is 158. The summed E-state index contributed by atoms with van der Waals surface area (Å²) in [6.07, 6.45) is 11.3. The van der Waals surface area contributed by atoms with E-state index in [1.165, 1.54) is 12.8 Å². The molecule has 2 aliphatic rings. The maximum absolute atomic E-state index is 5.33. The molecule has 0 fully saturated rings. The van der Waals surface area contributed by atoms with Crippen LogP contribution in [0.15, 0.2) is 24.5 Å². The standard InChI is InChI=1S/C8H10O/c1-2-4-8-7(3-1)5-6-9-8/h1,3,5-8H,2,4H2. The zero-order valence-electron chi connectivity index (χ0n) is 5.29. The molecule has 0 spiro atoms. The number of allylic oxidation sites excluding steroid dienone is 1. The Morgan fingerprint density at radius 1 is 1.33 bits per heavy atom. The highest BCUT2D eigenvalue weighted by molar-refractivity contribution is 5.09. The molecule has 1 aliphatic carbocycles. The lowest BCUT2D eigenvalue weighted by Crippen LogP contribution is -2.16. The van der Waals surface area contributed by atoms with Gasteiger partial charge in [-0.25, -0.2) is 0 Å². The van der Waals surface area contributed by atoms with Gasteiger partial charge in [-0.3, -0.25) is 0 Å². The van der Waals surface area contributed by atoms with Crippen molar-refractivity contribution in [3.8, 4) is 0 Å². The molecule has 1 nitrogen and oxygen atoms in total. The second kappa shape index (κ2) is 1.90. The van der Waals surface area contributed by atoms with Crippen LogP contribution in [-0.2, 0) is 4.74 Å². The Hall–Kier alpha value is -0.720. The summed E-state index contributed by atoms with van der Waals surface area (Å²) >= 11 is 0. The second-order valence-corrected chi connectivity index (χ2v) is 2.59. The van der Waals surface area contributed by atoms with E-state index in [2.05, 4.69) is 18.2 Å². The topological polar surface area (TPSA) is 9.23 Å². The summed E-state index contributed by atoms with van der Waals surface area (Å²) < 4.78 is 5.33. The molecule has 9 heavy (non-hydrogen) atoms. The molecular formula is C8H10O. The van der Waals surface area contributed by atoms with Gasteiger partial charge in [0.15, 0.2) is 0 Å². The largest absolute Gasteiger partial charge is 0.497 e. The van der Waals surface area contributed by atoms with Crippen LogP contribution in [0.1, 0.15) is 12.8 Å². The average molecular weight is 122 g/mol. The lowest BCUT2D eigenvalue weighted by molar-refractivity contribution is 0.136. The molecule has 2 rings (SSSR count). The van der Waals surface area contributed by atoms with Gasteiger partial charge in [-0.15, -0.1) is 0 Å². The van der Waals surface area contributed by atoms with Crippen molar-refractivity contribution in [2.75, 3.05) is 0 Å². The summed E-state index contributed by atoms with van der Waals surface area (Å²) in [5.41, 5.74) is 0. The predicted molar refractivity (Wildman–Crippen MR) is 35.9 cm³/mol. The van der Waals surface area contributed by atoms with Crippen molar-refractivity contribution in [2.45, 2.75) is 18.9 Å². The average Bonchev–Trinajstić information content (AvgIpc) is 2.33. The van der Waals surface area contributed by atoms with Gasteiger partial charge in [0.05, 0.1) is 6.26 Å². The smallest absolute Gasteiger partial charge is 0.108 e. The Morgan fingerprint density at radius 2 is 2.33 bits per heavy atom. The molecule has 1 heterocycles. The third-order valence-electron chi connectivity index (χ3n) is 1.96. The van der Waals surface area contributed by atoms with Crippen molar-refractivity contribution in [1.29, 1.82) is 0 Å². The first-order chi connectivity index (χ1) is 4.47. The number of hydrogen-bond acceptors (Lipinski definition) is 1. The third kappa shape index (κ3) is 0.766. The van der Waals surface area contributed by atoms with Crippen LogP contribution in [0.2, 0.25) is 0 Å². The van der Waals surface area contributed by atoms with E-state index in [1.54, 1.807) is 0 Å². The fourth-order valence-corrected chi connectivity index (χ4v) is 1.41. The number of ether oxygens (including phenoxy) is 1. The van der Waals surface area contributed by atoms with Crippen LogP contribution in [0.5, 0.6) is 0 Å². The van der Waals surface area contributed by atoms with Gasteiger partial charge in [0.1, 0.15) is 6.10 Å². The minimum atomic E-state index is 0.468. The zero-order chi connectivity index (χ0) is 6.10. The Labute approximate surface area is 55.0 Å². The summed E-state index contributed by atoms with van der Waals surface area (Å²) in [6.45, 7) is 0. The maximum atomic E-state index is 5.33. The molecular weight excluding hydrogens is 112 g/mol. The molecule has 0 saturated carbocycles. The molecule has 1 heteroatoms. The third-order valence-corrected chi connectivity index (χ3v) is 1.96. The van der Waals surface area contributed by atoms with Gasteiger partial charge in [0.25, 0.3) is 0 Å². The molecule has 0 aromatic carbocycles. The molecule has 0 radical (unpaired) electrons. The van der Waals surface area contributed by atoms with Crippen molar-refractivity contribution in [2.24, 2.45) is 5.92 Å². The van der Waals surface area contributed by atoms with Crippen LogP contribution in [0.25, 0.3) is 0 Å². The van der Waals surface area contributed by atoms with Gasteiger partial charge in [-0.1, -0.05) is 12.2 Å². The van der Waals surface area contributed by atoms with Gasteiger partial charge in [0, 0.05) is 5.92 Å². The van der Waals surface area contributed by atoms with Crippen LogP contribution >= 0.6 is 0 Å². The van der Waals surface area contributed by atoms with E-state index < -0.39 is 0 Å². The Balaban J connectivity index is 2.17. The molecule has 0 saturated heterocycles. The van der Waals surface area contributed by atoms with Gasteiger partial charge in [0.2, 0.25) is 0 Å². The first kappa shape index (κ1) is 5.10. The Morgan fingerprint density at radius 3 is 3.22 bits per heavy atom. The van der Waals surface area contributed by atoms with E-state index >= 15 is 0 Å². The van der Waals surface area contributed by atoms with E-state index in [-0.39, 0.29) is 0 Å². The molecule has 2 atom stereocenters. The van der Waals surface area contributed by atoms with Crippen LogP contribution in [0.3, 0.4) is 0 Å². The van der Waals surface area contributed by atoms with E-state index in [9.17, 15) is 0 Å². The van der Waals surface area contributed by atoms with Crippen LogP contribution in [0.4, 0.5) is 0 Å². The summed E-state index contributed by atoms with van der Waals surface area (Å²) in [7, 11) is 0. The van der Waals surface area contributed by atoms with Crippen molar-refractivity contribution in [3.05, 3.63) is 24.5 Å². The summed E-state index contributed by atoms with van der Waals surface area (Å²) in [6, 6.07) is 0. The van der Waals surface area contributed by atoms with E-state index in [1.807, 2.05) is 6.26 Å². The SMILES string of the molecule is C1=CC2C=COC2CC1. The molecule has 0 amide bonds. The molecule has 48 valence electrons. The van der Waals surface area contributed by atoms with E-state index in [0.717, 1.165) is 0 Å². The van der Waals surface area contributed by atoms with Gasteiger partial charge >= 0.3 is 0 Å². The number of fused-ring (bicyclic) bond motifs is 1. The molecule has 1 aliphatic heterocycles. The fourth-order valence-electron chi connectivity index (χ4n) is 1.41. The van der Waals surface area contributed by atoms with E-state index in [4.69, 9.17) is 4.74 Å². The minimum Gasteiger partial charge on any atom is -0.497 e. The van der Waals surface area contributed by atoms with Crippen LogP contribution < -0.4 is 0 Å². The van der Waals surface area contributed by atoms with Gasteiger partial charge in [-0.2, -0.15) is 0 Å². The van der Waals surface area contributed by atoms with Crippen molar-refractivity contribution < 1.29 is 4.74 Å². The lowest BCUT2D eigenvalue weighted by Gasteiger charge is -2.18. The van der Waals surface area contributed by atoms with Gasteiger partial charge < -0.3 is 4.74 Å². The van der Waals surface area contributed by atoms with E-state index in [0.29, 0.717) is 12.0 Å². The maximum Gasteiger partial charge on any atom is 0.108 e. The van der Waals surface area contributed by atoms with Crippen LogP contribution in [0, 0.1) is 5.92 Å². The summed E-state index contributed by atoms with van der Waals surface area (Å²) in [4.78, 5) is 0. The first-order valence-corrected chi connectivity index (χ1v) is 3.45. The summed E-state index contributed by atoms with van der Waals surface area (Å²) in [5.74, 6) is 0.582. The zero-order valence-corrected chi connectivity index (χ0v) is 5.29. The molecule has 0 aromatic rings. The molecule has 2 unspecified atom stereocenters. The van der Waals surface area contributed by atoms with Crippen molar-refractivity contribution in [3.63, 3.8) is 0 Å². The summed E-state index contributed by atoms with van der Waals surface area (Å²) in [5, 5.41) is 0. The second-order valence-electron chi connectivity index (χ2n) is 2.59. The fraction of sp³-hybridized carbons (Fsp3) is 0.500. The number of rotatable bonds is 0. The highest BCUT2D eigenvalue weighted by Crippen LogP contribution is 2.26. The quantitative estimate of drug-likeness (QED) is 0.446. The van der Waals surface area contributed by atoms with Crippen LogP contribution in [-0.4, -0.2) is 6.10 Å². The molecule has 0 N–H and O–H groups in total. The highest BCUT2D eigenvalue weighted by Gasteiger charge is 2.23. The first-order valence-electron chi connectivity index (χ1n) is 3.45. The molecule has 0 bridgehead atoms. The number of hydrogen-bond donors (Lipinski definition) is 0. The Kier molecular flexibility index (Phi) is 1.08. The molecule has 0 aromatic heterocycles.